The fraction of sp³-hybridized carbons (Fsp3) is 0.200. The molecule has 0 amide bonds. The number of hydrogen-bond acceptors (Lipinski definition) is 6. The lowest BCUT2D eigenvalue weighted by Gasteiger charge is -2.08. The number of thiazole rings is 1. The molecule has 140 valence electrons. The number of methoxy groups -OCH3 is 2. The molecule has 0 saturated heterocycles. The Morgan fingerprint density at radius 2 is 1.93 bits per heavy atom. The van der Waals surface area contributed by atoms with Crippen molar-refractivity contribution in [1.29, 1.82) is 0 Å². The van der Waals surface area contributed by atoms with Gasteiger partial charge in [0, 0.05) is 10.9 Å². The fourth-order valence-electron chi connectivity index (χ4n) is 2.48. The molecule has 0 aliphatic rings. The summed E-state index contributed by atoms with van der Waals surface area (Å²) in [6.45, 7) is 0.0310. The van der Waals surface area contributed by atoms with E-state index >= 15 is 0 Å². The monoisotopic (exact) mass is 387 g/mol. The molecule has 0 aliphatic carbocycles. The lowest BCUT2D eigenvalue weighted by atomic mass is 10.2. The van der Waals surface area contributed by atoms with Gasteiger partial charge >= 0.3 is 5.97 Å². The van der Waals surface area contributed by atoms with Crippen LogP contribution in [0.2, 0.25) is 0 Å². The van der Waals surface area contributed by atoms with Gasteiger partial charge in [0.1, 0.15) is 17.4 Å². The normalized spacial score (nSPS) is 10.5. The third-order valence-electron chi connectivity index (χ3n) is 3.80. The Morgan fingerprint density at radius 3 is 2.67 bits per heavy atom. The van der Waals surface area contributed by atoms with E-state index in [1.165, 1.54) is 23.5 Å². The number of aromatic nitrogens is 1. The van der Waals surface area contributed by atoms with Gasteiger partial charge in [-0.15, -0.1) is 11.3 Å². The van der Waals surface area contributed by atoms with Gasteiger partial charge in [-0.1, -0.05) is 12.1 Å². The average molecular weight is 387 g/mol. The molecule has 3 rings (SSSR count). The van der Waals surface area contributed by atoms with Gasteiger partial charge < -0.3 is 14.2 Å². The standard InChI is InChI=1S/C20H18FNO4S/c1-24-17-7-6-14(9-18(17)25-2)20-22-16(12-27-20)10-19(23)26-11-13-4-3-5-15(21)8-13/h3-9,12H,10-11H2,1-2H3. The van der Waals surface area contributed by atoms with Gasteiger partial charge in [-0.2, -0.15) is 0 Å². The van der Waals surface area contributed by atoms with Crippen LogP contribution in [0.25, 0.3) is 10.6 Å². The molecule has 3 aromatic rings. The Morgan fingerprint density at radius 1 is 1.11 bits per heavy atom. The van der Waals surface area contributed by atoms with E-state index in [0.717, 1.165) is 10.6 Å². The molecule has 7 heteroatoms. The molecule has 0 unspecified atom stereocenters. The Hall–Kier alpha value is -2.93. The first-order valence-electron chi connectivity index (χ1n) is 8.16. The first-order chi connectivity index (χ1) is 13.1. The summed E-state index contributed by atoms with van der Waals surface area (Å²) < 4.78 is 28.9. The Labute approximate surface area is 160 Å². The van der Waals surface area contributed by atoms with E-state index in [2.05, 4.69) is 4.98 Å². The van der Waals surface area contributed by atoms with Gasteiger partial charge in [0.2, 0.25) is 0 Å². The largest absolute Gasteiger partial charge is 0.493 e. The molecule has 1 heterocycles. The quantitative estimate of drug-likeness (QED) is 0.567. The van der Waals surface area contributed by atoms with Crippen LogP contribution in [-0.4, -0.2) is 25.2 Å². The van der Waals surface area contributed by atoms with E-state index in [4.69, 9.17) is 14.2 Å². The van der Waals surface area contributed by atoms with Gasteiger partial charge in [-0.3, -0.25) is 4.79 Å². The summed E-state index contributed by atoms with van der Waals surface area (Å²) in [6.07, 6.45) is 0.0547. The maximum absolute atomic E-state index is 13.1. The molecule has 0 spiro atoms. The van der Waals surface area contributed by atoms with Crippen molar-refractivity contribution >= 4 is 17.3 Å². The number of ether oxygens (including phenoxy) is 3. The molecular formula is C20H18FNO4S. The molecule has 0 atom stereocenters. The first kappa shape index (κ1) is 18.8. The van der Waals surface area contributed by atoms with Crippen LogP contribution >= 0.6 is 11.3 Å². The van der Waals surface area contributed by atoms with Crippen LogP contribution in [0.4, 0.5) is 4.39 Å². The number of halogens is 1. The van der Waals surface area contributed by atoms with Crippen molar-refractivity contribution in [3.63, 3.8) is 0 Å². The van der Waals surface area contributed by atoms with Crippen LogP contribution in [0.5, 0.6) is 11.5 Å². The molecule has 0 radical (unpaired) electrons. The van der Waals surface area contributed by atoms with Crippen LogP contribution < -0.4 is 9.47 Å². The van der Waals surface area contributed by atoms with E-state index in [-0.39, 0.29) is 18.8 Å². The minimum absolute atomic E-state index is 0.0310. The summed E-state index contributed by atoms with van der Waals surface area (Å²) in [6, 6.07) is 11.5. The van der Waals surface area contributed by atoms with Gasteiger partial charge in [0.05, 0.1) is 26.3 Å². The molecular weight excluding hydrogens is 369 g/mol. The number of carbonyl (C=O) groups is 1. The minimum atomic E-state index is -0.413. The molecule has 0 bridgehead atoms. The lowest BCUT2D eigenvalue weighted by Crippen LogP contribution is -2.08. The Balaban J connectivity index is 1.63. The van der Waals surface area contributed by atoms with Crippen LogP contribution in [0, 0.1) is 5.82 Å². The second-order valence-electron chi connectivity index (χ2n) is 5.68. The number of nitrogens with zero attached hydrogens (tertiary/aromatic N) is 1. The van der Waals surface area contributed by atoms with Crippen LogP contribution in [0.3, 0.4) is 0 Å². The molecule has 2 aromatic carbocycles. The highest BCUT2D eigenvalue weighted by Gasteiger charge is 2.12. The molecule has 1 aromatic heterocycles. The van der Waals surface area contributed by atoms with Gasteiger partial charge in [-0.25, -0.2) is 9.37 Å². The van der Waals surface area contributed by atoms with E-state index in [9.17, 15) is 9.18 Å². The smallest absolute Gasteiger partial charge is 0.312 e. The Kier molecular flexibility index (Phi) is 6.03. The Bertz CT molecular complexity index is 941. The summed E-state index contributed by atoms with van der Waals surface area (Å²) in [7, 11) is 3.15. The van der Waals surface area contributed by atoms with E-state index in [0.29, 0.717) is 22.8 Å². The average Bonchev–Trinajstić information content (AvgIpc) is 3.14. The van der Waals surface area contributed by atoms with Crippen molar-refractivity contribution in [3.8, 4) is 22.1 Å². The highest BCUT2D eigenvalue weighted by atomic mass is 32.1. The number of rotatable bonds is 7. The number of benzene rings is 2. The summed E-state index contributed by atoms with van der Waals surface area (Å²) >= 11 is 1.43. The van der Waals surface area contributed by atoms with Crippen molar-refractivity contribution in [3.05, 3.63) is 64.9 Å². The molecule has 27 heavy (non-hydrogen) atoms. The van der Waals surface area contributed by atoms with E-state index in [1.807, 2.05) is 23.6 Å². The second-order valence-corrected chi connectivity index (χ2v) is 6.54. The molecule has 0 saturated carbocycles. The van der Waals surface area contributed by atoms with Gasteiger partial charge in [0.15, 0.2) is 11.5 Å². The van der Waals surface area contributed by atoms with E-state index in [1.54, 1.807) is 26.4 Å². The van der Waals surface area contributed by atoms with Crippen LogP contribution in [-0.2, 0) is 22.6 Å². The predicted octanol–water partition coefficient (Wildman–Crippen LogP) is 4.25. The van der Waals surface area contributed by atoms with Crippen LogP contribution in [0.15, 0.2) is 47.8 Å². The van der Waals surface area contributed by atoms with Gasteiger partial charge in [-0.05, 0) is 35.9 Å². The zero-order chi connectivity index (χ0) is 19.2. The zero-order valence-corrected chi connectivity index (χ0v) is 15.7. The molecule has 0 aliphatic heterocycles. The lowest BCUT2D eigenvalue weighted by molar-refractivity contribution is -0.144. The summed E-state index contributed by atoms with van der Waals surface area (Å²) in [5.74, 6) is 0.478. The maximum atomic E-state index is 13.1. The second kappa shape index (κ2) is 8.64. The van der Waals surface area contributed by atoms with Crippen molar-refractivity contribution < 1.29 is 23.4 Å². The molecule has 0 fully saturated rings. The van der Waals surface area contributed by atoms with E-state index < -0.39 is 5.97 Å². The number of hydrogen-bond donors (Lipinski definition) is 0. The third kappa shape index (κ3) is 4.83. The summed E-state index contributed by atoms with van der Waals surface area (Å²) in [5, 5.41) is 2.58. The molecule has 0 N–H and O–H groups in total. The molecule has 5 nitrogen and oxygen atoms in total. The van der Waals surface area contributed by atoms with Crippen molar-refractivity contribution in [2.75, 3.05) is 14.2 Å². The maximum Gasteiger partial charge on any atom is 0.312 e. The van der Waals surface area contributed by atoms with Crippen molar-refractivity contribution in [2.24, 2.45) is 0 Å². The SMILES string of the molecule is COc1ccc(-c2nc(CC(=O)OCc3cccc(F)c3)cs2)cc1OC. The van der Waals surface area contributed by atoms with Crippen LogP contribution in [0.1, 0.15) is 11.3 Å². The highest BCUT2D eigenvalue weighted by Crippen LogP contribution is 2.33. The highest BCUT2D eigenvalue weighted by molar-refractivity contribution is 7.13. The zero-order valence-electron chi connectivity index (χ0n) is 14.9. The number of carbonyl (C=O) groups excluding carboxylic acids is 1. The third-order valence-corrected chi connectivity index (χ3v) is 4.74. The summed E-state index contributed by atoms with van der Waals surface area (Å²) in [5.41, 5.74) is 2.10. The minimum Gasteiger partial charge on any atom is -0.493 e. The predicted molar refractivity (Wildman–Crippen MR) is 101 cm³/mol. The summed E-state index contributed by atoms with van der Waals surface area (Å²) in [4.78, 5) is 16.5. The first-order valence-corrected chi connectivity index (χ1v) is 9.04. The van der Waals surface area contributed by atoms with Crippen molar-refractivity contribution in [1.82, 2.24) is 4.98 Å². The topological polar surface area (TPSA) is 57.7 Å². The number of esters is 1. The van der Waals surface area contributed by atoms with Crippen molar-refractivity contribution in [2.45, 2.75) is 13.0 Å². The van der Waals surface area contributed by atoms with Gasteiger partial charge in [0.25, 0.3) is 0 Å². The fourth-order valence-corrected chi connectivity index (χ4v) is 3.30.